The van der Waals surface area contributed by atoms with Gasteiger partial charge in [-0.05, 0) is 18.2 Å². The predicted octanol–water partition coefficient (Wildman–Crippen LogP) is 0.764. The first-order valence-corrected chi connectivity index (χ1v) is 4.78. The number of methoxy groups -OCH3 is 1. The maximum Gasteiger partial charge on any atom is 0.328 e. The molecule has 17 heavy (non-hydrogen) atoms. The fraction of sp³-hybridized carbons (Fsp3) is 0.182. The normalized spacial score (nSPS) is 10.4. The Labute approximate surface area is 97.9 Å². The molecule has 6 nitrogen and oxygen atoms in total. The van der Waals surface area contributed by atoms with E-state index in [9.17, 15) is 9.59 Å². The molecule has 90 valence electrons. The van der Waals surface area contributed by atoms with Crippen molar-refractivity contribution in [3.05, 3.63) is 30.0 Å². The van der Waals surface area contributed by atoms with Gasteiger partial charge in [0.1, 0.15) is 12.4 Å². The van der Waals surface area contributed by atoms with Gasteiger partial charge in [-0.3, -0.25) is 4.79 Å². The zero-order valence-electron chi connectivity index (χ0n) is 9.21. The summed E-state index contributed by atoms with van der Waals surface area (Å²) >= 11 is 0. The molecule has 1 aromatic heterocycles. The Hall–Kier alpha value is -2.21. The average molecular weight is 236 g/mol. The molecular weight excluding hydrogens is 224 g/mol. The van der Waals surface area contributed by atoms with Gasteiger partial charge in [0.2, 0.25) is 0 Å². The molecule has 0 spiro atoms. The number of rotatable bonds is 5. The number of carbonyl (C=O) groups is 2. The van der Waals surface area contributed by atoms with Gasteiger partial charge in [-0.25, -0.2) is 9.78 Å². The molecule has 1 amide bonds. The number of aliphatic carboxylic acids is 1. The number of carboxylic acid groups (broad SMARTS) is 1. The van der Waals surface area contributed by atoms with Crippen molar-refractivity contribution in [1.82, 2.24) is 4.98 Å². The van der Waals surface area contributed by atoms with Crippen molar-refractivity contribution >= 4 is 23.8 Å². The van der Waals surface area contributed by atoms with E-state index in [0.717, 1.165) is 6.08 Å². The summed E-state index contributed by atoms with van der Waals surface area (Å²) in [5, 5.41) is 11.0. The largest absolute Gasteiger partial charge is 0.478 e. The van der Waals surface area contributed by atoms with Crippen LogP contribution in [0.2, 0.25) is 0 Å². The fourth-order valence-electron chi connectivity index (χ4n) is 1.08. The number of carboxylic acids is 1. The summed E-state index contributed by atoms with van der Waals surface area (Å²) in [7, 11) is 1.42. The van der Waals surface area contributed by atoms with E-state index < -0.39 is 5.97 Å². The maximum absolute atomic E-state index is 11.2. The fourth-order valence-corrected chi connectivity index (χ4v) is 1.08. The minimum atomic E-state index is -1.05. The van der Waals surface area contributed by atoms with E-state index in [-0.39, 0.29) is 12.5 Å². The Bertz CT molecular complexity index is 443. The smallest absolute Gasteiger partial charge is 0.328 e. The van der Waals surface area contributed by atoms with Crippen LogP contribution >= 0.6 is 0 Å². The van der Waals surface area contributed by atoms with E-state index in [2.05, 4.69) is 15.0 Å². The minimum absolute atomic E-state index is 0.0587. The summed E-state index contributed by atoms with van der Waals surface area (Å²) in [6.07, 6.45) is 2.32. The van der Waals surface area contributed by atoms with E-state index in [0.29, 0.717) is 11.5 Å². The summed E-state index contributed by atoms with van der Waals surface area (Å²) in [6.45, 7) is -0.0587. The van der Waals surface area contributed by atoms with Gasteiger partial charge in [0, 0.05) is 13.2 Å². The molecule has 1 heterocycles. The highest BCUT2D eigenvalue weighted by atomic mass is 16.5. The number of nitrogens with one attached hydrogen (secondary N) is 1. The number of anilines is 1. The molecule has 0 atom stereocenters. The number of nitrogens with zero attached hydrogens (tertiary/aromatic N) is 1. The molecule has 1 rings (SSSR count). The minimum Gasteiger partial charge on any atom is -0.478 e. The molecular formula is C11H12N2O4. The van der Waals surface area contributed by atoms with Crippen molar-refractivity contribution < 1.29 is 19.4 Å². The number of amides is 1. The molecule has 0 radical (unpaired) electrons. The predicted molar refractivity (Wildman–Crippen MR) is 61.4 cm³/mol. The van der Waals surface area contributed by atoms with E-state index >= 15 is 0 Å². The van der Waals surface area contributed by atoms with E-state index in [1.54, 1.807) is 18.2 Å². The van der Waals surface area contributed by atoms with Crippen molar-refractivity contribution in [2.45, 2.75) is 0 Å². The number of aromatic nitrogens is 1. The van der Waals surface area contributed by atoms with Crippen LogP contribution in [-0.2, 0) is 14.3 Å². The molecule has 0 saturated heterocycles. The summed E-state index contributed by atoms with van der Waals surface area (Å²) in [6, 6.07) is 4.90. The highest BCUT2D eigenvalue weighted by Crippen LogP contribution is 2.06. The Kier molecular flexibility index (Phi) is 4.83. The lowest BCUT2D eigenvalue weighted by molar-refractivity contribution is -0.131. The maximum atomic E-state index is 11.2. The number of hydrogen-bond acceptors (Lipinski definition) is 4. The molecule has 0 saturated carbocycles. The van der Waals surface area contributed by atoms with Crippen LogP contribution in [-0.4, -0.2) is 35.7 Å². The van der Waals surface area contributed by atoms with Gasteiger partial charge < -0.3 is 15.2 Å². The SMILES string of the molecule is COCC(=O)Nc1cccc(/C=C/C(=O)O)n1. The molecule has 0 aliphatic heterocycles. The standard InChI is InChI=1S/C11H12N2O4/c1-17-7-10(14)13-9-4-2-3-8(12-9)5-6-11(15)16/h2-6H,7H2,1H3,(H,15,16)(H,12,13,14)/b6-5+. The van der Waals surface area contributed by atoms with Gasteiger partial charge in [-0.2, -0.15) is 0 Å². The topological polar surface area (TPSA) is 88.5 Å². The average Bonchev–Trinajstić information content (AvgIpc) is 2.27. The molecule has 0 bridgehead atoms. The first-order chi connectivity index (χ1) is 8.11. The van der Waals surface area contributed by atoms with Crippen LogP contribution in [0.4, 0.5) is 5.82 Å². The van der Waals surface area contributed by atoms with Gasteiger partial charge >= 0.3 is 5.97 Å². The zero-order chi connectivity index (χ0) is 12.7. The van der Waals surface area contributed by atoms with Gasteiger partial charge in [0.05, 0.1) is 5.69 Å². The Balaban J connectivity index is 2.72. The highest BCUT2D eigenvalue weighted by molar-refractivity contribution is 5.91. The number of pyridine rings is 1. The molecule has 0 aliphatic rings. The van der Waals surface area contributed by atoms with E-state index in [1.807, 2.05) is 0 Å². The monoisotopic (exact) mass is 236 g/mol. The molecule has 2 N–H and O–H groups in total. The van der Waals surface area contributed by atoms with E-state index in [1.165, 1.54) is 13.2 Å². The van der Waals surface area contributed by atoms with Crippen molar-refractivity contribution in [2.75, 3.05) is 19.0 Å². The lowest BCUT2D eigenvalue weighted by Crippen LogP contribution is -2.17. The van der Waals surface area contributed by atoms with Crippen LogP contribution in [0.15, 0.2) is 24.3 Å². The third-order valence-electron chi connectivity index (χ3n) is 1.71. The second-order valence-corrected chi connectivity index (χ2v) is 3.10. The van der Waals surface area contributed by atoms with E-state index in [4.69, 9.17) is 5.11 Å². The van der Waals surface area contributed by atoms with Crippen molar-refractivity contribution in [2.24, 2.45) is 0 Å². The van der Waals surface area contributed by atoms with Crippen molar-refractivity contribution in [3.63, 3.8) is 0 Å². The molecule has 0 unspecified atom stereocenters. The summed E-state index contributed by atoms with van der Waals surface area (Å²) in [5.74, 6) is -1.03. The van der Waals surface area contributed by atoms with Crippen molar-refractivity contribution in [1.29, 1.82) is 0 Å². The third kappa shape index (κ3) is 4.89. The van der Waals surface area contributed by atoms with Gasteiger partial charge in [0.15, 0.2) is 0 Å². The molecule has 0 aliphatic carbocycles. The lowest BCUT2D eigenvalue weighted by Gasteiger charge is -2.03. The van der Waals surface area contributed by atoms with Crippen LogP contribution in [0.25, 0.3) is 6.08 Å². The number of ether oxygens (including phenoxy) is 1. The first-order valence-electron chi connectivity index (χ1n) is 4.78. The summed E-state index contributed by atoms with van der Waals surface area (Å²) in [4.78, 5) is 25.6. The Morgan fingerprint density at radius 1 is 1.53 bits per heavy atom. The van der Waals surface area contributed by atoms with Crippen LogP contribution in [0.5, 0.6) is 0 Å². The van der Waals surface area contributed by atoms with Gasteiger partial charge in [0.25, 0.3) is 5.91 Å². The molecule has 0 aromatic carbocycles. The third-order valence-corrected chi connectivity index (χ3v) is 1.71. The highest BCUT2D eigenvalue weighted by Gasteiger charge is 2.02. The first kappa shape index (κ1) is 12.9. The zero-order valence-corrected chi connectivity index (χ0v) is 9.21. The number of carbonyl (C=O) groups excluding carboxylic acids is 1. The molecule has 6 heteroatoms. The molecule has 0 fully saturated rings. The quantitative estimate of drug-likeness (QED) is 0.737. The Morgan fingerprint density at radius 2 is 2.29 bits per heavy atom. The van der Waals surface area contributed by atoms with Gasteiger partial charge in [-0.15, -0.1) is 0 Å². The van der Waals surface area contributed by atoms with Crippen LogP contribution < -0.4 is 5.32 Å². The Morgan fingerprint density at radius 3 is 2.94 bits per heavy atom. The number of hydrogen-bond donors (Lipinski definition) is 2. The summed E-state index contributed by atoms with van der Waals surface area (Å²) < 4.78 is 4.65. The second-order valence-electron chi connectivity index (χ2n) is 3.10. The lowest BCUT2D eigenvalue weighted by atomic mass is 10.3. The van der Waals surface area contributed by atoms with Crippen LogP contribution in [0.1, 0.15) is 5.69 Å². The van der Waals surface area contributed by atoms with Crippen LogP contribution in [0, 0.1) is 0 Å². The van der Waals surface area contributed by atoms with Gasteiger partial charge in [-0.1, -0.05) is 6.07 Å². The van der Waals surface area contributed by atoms with Crippen LogP contribution in [0.3, 0.4) is 0 Å². The summed E-state index contributed by atoms with van der Waals surface area (Å²) in [5.41, 5.74) is 0.447. The second kappa shape index (κ2) is 6.39. The molecule has 1 aromatic rings. The van der Waals surface area contributed by atoms with Crippen molar-refractivity contribution in [3.8, 4) is 0 Å².